The molecule has 2 aliphatic rings. The molecule has 0 radical (unpaired) electrons. The largest absolute Gasteiger partial charge is 0.379 e. The number of likely N-dealkylation sites (N-methyl/N-ethyl adjacent to an activating group) is 2. The fraction of sp³-hybridized carbons (Fsp3) is 0.690. The maximum absolute atomic E-state index is 14.4. The lowest BCUT2D eigenvalue weighted by atomic mass is 9.88. The van der Waals surface area contributed by atoms with Crippen LogP contribution in [0.15, 0.2) is 41.9 Å². The average molecular weight is 783 g/mol. The monoisotopic (exact) mass is 782 g/mol. The number of carbonyl (C=O) groups is 4. The van der Waals surface area contributed by atoms with Crippen molar-refractivity contribution in [1.29, 1.82) is 0 Å². The van der Waals surface area contributed by atoms with Gasteiger partial charge in [0, 0.05) is 39.4 Å². The van der Waals surface area contributed by atoms with Gasteiger partial charge in [0.2, 0.25) is 23.6 Å². The number of benzene rings is 1. The van der Waals surface area contributed by atoms with Gasteiger partial charge in [0.1, 0.15) is 11.0 Å². The van der Waals surface area contributed by atoms with E-state index in [-0.39, 0.29) is 65.9 Å². The molecule has 1 aliphatic heterocycles. The fourth-order valence-electron chi connectivity index (χ4n) is 8.74. The second-order valence-corrected chi connectivity index (χ2v) is 17.0. The Morgan fingerprint density at radius 1 is 0.909 bits per heavy atom. The maximum atomic E-state index is 14.4. The number of nitrogens with zero attached hydrogens (tertiary/aromatic N) is 3. The van der Waals surface area contributed by atoms with Crippen molar-refractivity contribution in [3.05, 3.63) is 52.5 Å². The van der Waals surface area contributed by atoms with Crippen LogP contribution in [0.25, 0.3) is 0 Å². The molecular weight excluding hydrogens is 717 g/mol. The van der Waals surface area contributed by atoms with Crippen LogP contribution in [-0.2, 0) is 35.1 Å². The third-order valence-electron chi connectivity index (χ3n) is 11.8. The highest BCUT2D eigenvalue weighted by Crippen LogP contribution is 2.35. The molecule has 2 aromatic rings. The minimum Gasteiger partial charge on any atom is -0.379 e. The lowest BCUT2D eigenvalue weighted by Gasteiger charge is -2.41. The molecule has 55 heavy (non-hydrogen) atoms. The summed E-state index contributed by atoms with van der Waals surface area (Å²) in [4.78, 5) is 64.0. The Balaban J connectivity index is 1.50. The number of nitrogens with one attached hydrogen (secondary N) is 3. The molecule has 1 saturated heterocycles. The summed E-state index contributed by atoms with van der Waals surface area (Å²) in [6.45, 7) is 10.2. The lowest BCUT2D eigenvalue weighted by Crippen LogP contribution is -2.59. The number of hydrogen-bond acceptors (Lipinski definition) is 9. The predicted octanol–water partition coefficient (Wildman–Crippen LogP) is 4.99. The van der Waals surface area contributed by atoms with E-state index in [4.69, 9.17) is 9.47 Å². The second-order valence-electron chi connectivity index (χ2n) is 16.1. The molecule has 0 unspecified atom stereocenters. The highest BCUT2D eigenvalue weighted by atomic mass is 32.1. The van der Waals surface area contributed by atoms with Gasteiger partial charge in [-0.1, -0.05) is 77.8 Å². The number of hydrogen-bond donors (Lipinski definition) is 3. The molecule has 13 heteroatoms. The molecule has 3 N–H and O–H groups in total. The molecule has 12 nitrogen and oxygen atoms in total. The van der Waals surface area contributed by atoms with Crippen LogP contribution in [0.3, 0.4) is 0 Å². The van der Waals surface area contributed by atoms with Crippen LogP contribution < -0.4 is 16.0 Å². The summed E-state index contributed by atoms with van der Waals surface area (Å²) in [5.74, 6) is -1.13. The number of aromatic nitrogens is 1. The highest BCUT2D eigenvalue weighted by molar-refractivity contribution is 7.09. The molecule has 1 aliphatic carbocycles. The molecule has 306 valence electrons. The van der Waals surface area contributed by atoms with E-state index in [0.717, 1.165) is 42.7 Å². The van der Waals surface area contributed by atoms with Gasteiger partial charge < -0.3 is 35.2 Å². The Hall–Kier alpha value is -3.39. The SMILES string of the molecule is CN[C@H](C(=O)N[C@H](C(=O)N(C)[C@@H](C1CCCC1)[C@@H](CC(=O)N1CCC[C@H]1[C@H](OC)[C@@H](C)C(=O)N[C@@H](Cc1ccccc1)c1nccs1)OC)C(C)C)C(C)C. The summed E-state index contributed by atoms with van der Waals surface area (Å²) >= 11 is 1.51. The van der Waals surface area contributed by atoms with E-state index in [1.807, 2.05) is 75.2 Å². The Morgan fingerprint density at radius 3 is 2.15 bits per heavy atom. The lowest BCUT2D eigenvalue weighted by molar-refractivity contribution is -0.148. The average Bonchev–Trinajstić information content (AvgIpc) is 3.98. The molecule has 1 aromatic carbocycles. The van der Waals surface area contributed by atoms with Crippen molar-refractivity contribution in [2.75, 3.05) is 34.9 Å². The van der Waals surface area contributed by atoms with Gasteiger partial charge in [0.15, 0.2) is 0 Å². The summed E-state index contributed by atoms with van der Waals surface area (Å²) in [6, 6.07) is 7.92. The van der Waals surface area contributed by atoms with Crippen LogP contribution in [0.5, 0.6) is 0 Å². The van der Waals surface area contributed by atoms with Gasteiger partial charge in [-0.15, -0.1) is 11.3 Å². The molecule has 1 saturated carbocycles. The van der Waals surface area contributed by atoms with Gasteiger partial charge in [-0.3, -0.25) is 19.2 Å². The first kappa shape index (κ1) is 44.3. The van der Waals surface area contributed by atoms with E-state index in [1.165, 1.54) is 11.3 Å². The maximum Gasteiger partial charge on any atom is 0.245 e. The van der Waals surface area contributed by atoms with Gasteiger partial charge >= 0.3 is 0 Å². The number of methoxy groups -OCH3 is 2. The van der Waals surface area contributed by atoms with E-state index in [1.54, 1.807) is 39.4 Å². The van der Waals surface area contributed by atoms with Crippen LogP contribution in [0, 0.1) is 23.7 Å². The van der Waals surface area contributed by atoms with Crippen molar-refractivity contribution < 1.29 is 28.7 Å². The zero-order valence-corrected chi connectivity index (χ0v) is 35.3. The van der Waals surface area contributed by atoms with Crippen molar-refractivity contribution >= 4 is 35.0 Å². The molecule has 1 aromatic heterocycles. The van der Waals surface area contributed by atoms with E-state index < -0.39 is 30.2 Å². The molecular formula is C42H66N6O6S. The third kappa shape index (κ3) is 11.4. The molecule has 2 heterocycles. The number of thiazole rings is 1. The summed E-state index contributed by atoms with van der Waals surface area (Å²) in [6.07, 6.45) is 6.82. The van der Waals surface area contributed by atoms with Crippen molar-refractivity contribution in [2.24, 2.45) is 23.7 Å². The first-order chi connectivity index (χ1) is 26.3. The first-order valence-electron chi connectivity index (χ1n) is 20.2. The third-order valence-corrected chi connectivity index (χ3v) is 12.6. The first-order valence-corrected chi connectivity index (χ1v) is 21.0. The predicted molar refractivity (Wildman–Crippen MR) is 216 cm³/mol. The Kier molecular flexibility index (Phi) is 17.1. The smallest absolute Gasteiger partial charge is 0.245 e. The number of amides is 4. The quantitative estimate of drug-likeness (QED) is 0.171. The zero-order valence-electron chi connectivity index (χ0n) is 34.5. The zero-order chi connectivity index (χ0) is 40.2. The van der Waals surface area contributed by atoms with Gasteiger partial charge in [0.05, 0.1) is 48.7 Å². The van der Waals surface area contributed by atoms with Crippen molar-refractivity contribution in [1.82, 2.24) is 30.7 Å². The Labute approximate surface area is 332 Å². The molecule has 8 atom stereocenters. The Morgan fingerprint density at radius 2 is 1.58 bits per heavy atom. The normalized spacial score (nSPS) is 20.1. The molecule has 4 amide bonds. The summed E-state index contributed by atoms with van der Waals surface area (Å²) < 4.78 is 12.2. The van der Waals surface area contributed by atoms with Crippen molar-refractivity contribution in [2.45, 2.75) is 128 Å². The van der Waals surface area contributed by atoms with E-state index in [0.29, 0.717) is 19.4 Å². The molecule has 4 rings (SSSR count). The molecule has 0 bridgehead atoms. The number of carbonyl (C=O) groups excluding carboxylic acids is 4. The summed E-state index contributed by atoms with van der Waals surface area (Å²) in [5, 5.41) is 12.1. The minimum atomic E-state index is -0.731. The second kappa shape index (κ2) is 21.2. The summed E-state index contributed by atoms with van der Waals surface area (Å²) in [5.41, 5.74) is 1.10. The van der Waals surface area contributed by atoms with Gasteiger partial charge in [-0.2, -0.15) is 0 Å². The van der Waals surface area contributed by atoms with Crippen LogP contribution in [0.1, 0.15) is 96.2 Å². The van der Waals surface area contributed by atoms with E-state index in [9.17, 15) is 19.2 Å². The topological polar surface area (TPSA) is 142 Å². The van der Waals surface area contributed by atoms with Gasteiger partial charge in [-0.25, -0.2) is 4.98 Å². The highest BCUT2D eigenvalue weighted by Gasteiger charge is 2.44. The minimum absolute atomic E-state index is 0.0466. The van der Waals surface area contributed by atoms with Crippen LogP contribution >= 0.6 is 11.3 Å². The standard InChI is InChI=1S/C42H66N6O6S/c1-26(2)35(43-6)40(51)46-36(27(3)4)42(52)47(7)37(30-18-13-14-19-30)33(53-8)25-34(49)48-22-15-20-32(48)38(54-9)28(5)39(50)45-31(41-44-21-23-55-41)24-29-16-11-10-12-17-29/h10-12,16-17,21,23,26-28,30-33,35-38,43H,13-15,18-20,22,24-25H2,1-9H3,(H,45,50)(H,46,51)/t28-,31+,32+,33-,35+,36+,37+,38-/m1/s1. The number of ether oxygens (including phenoxy) is 2. The number of likely N-dealkylation sites (tertiary alicyclic amines) is 1. The Bertz CT molecular complexity index is 1500. The van der Waals surface area contributed by atoms with Crippen LogP contribution in [0.2, 0.25) is 0 Å². The van der Waals surface area contributed by atoms with Crippen LogP contribution in [0.4, 0.5) is 0 Å². The molecule has 0 spiro atoms. The summed E-state index contributed by atoms with van der Waals surface area (Å²) in [7, 11) is 6.76. The fourth-order valence-corrected chi connectivity index (χ4v) is 9.43. The van der Waals surface area contributed by atoms with Crippen LogP contribution in [-0.4, -0.2) is 110 Å². The van der Waals surface area contributed by atoms with Gasteiger partial charge in [-0.05, 0) is 62.5 Å². The van der Waals surface area contributed by atoms with E-state index >= 15 is 0 Å². The molecule has 2 fully saturated rings. The van der Waals surface area contributed by atoms with E-state index in [2.05, 4.69) is 20.9 Å². The number of rotatable bonds is 20. The van der Waals surface area contributed by atoms with Crippen molar-refractivity contribution in [3.63, 3.8) is 0 Å². The van der Waals surface area contributed by atoms with Gasteiger partial charge in [0.25, 0.3) is 0 Å². The van der Waals surface area contributed by atoms with Crippen molar-refractivity contribution in [3.8, 4) is 0 Å².